The number of aryl methyl sites for hydroxylation is 1. The first-order valence-corrected chi connectivity index (χ1v) is 14.5. The van der Waals surface area contributed by atoms with Crippen LogP contribution in [0.25, 0.3) is 11.3 Å². The number of amides is 2. The Balaban J connectivity index is 1.27. The van der Waals surface area contributed by atoms with Crippen molar-refractivity contribution < 1.29 is 23.9 Å². The maximum atomic E-state index is 13.3. The minimum atomic E-state index is -0.766. The van der Waals surface area contributed by atoms with Crippen LogP contribution in [0.3, 0.4) is 0 Å². The molecule has 0 spiro atoms. The van der Waals surface area contributed by atoms with E-state index in [0.717, 1.165) is 32.3 Å². The number of aromatic nitrogens is 1. The number of benzene rings is 3. The summed E-state index contributed by atoms with van der Waals surface area (Å²) < 4.78 is 5.98. The van der Waals surface area contributed by atoms with Gasteiger partial charge in [0.15, 0.2) is 12.4 Å². The van der Waals surface area contributed by atoms with Crippen molar-refractivity contribution in [1.29, 1.82) is 5.26 Å². The minimum Gasteiger partial charge on any atom is -0.454 e. The maximum absolute atomic E-state index is 13.3. The molecule has 1 fully saturated rings. The number of imide groups is 1. The molecule has 1 saturated heterocycles. The van der Waals surface area contributed by atoms with Crippen LogP contribution in [0.15, 0.2) is 94.4 Å². The number of ether oxygens (including phenoxy) is 1. The third-order valence-corrected chi connectivity index (χ3v) is 8.28. The molecule has 208 valence electrons. The molecule has 4 aromatic rings. The molecule has 0 bridgehead atoms. The predicted molar refractivity (Wildman–Crippen MR) is 161 cm³/mol. The molecule has 1 atom stereocenters. The molecule has 2 heterocycles. The van der Waals surface area contributed by atoms with Crippen LogP contribution in [-0.4, -0.2) is 40.4 Å². The normalized spacial score (nSPS) is 14.5. The number of esters is 1. The van der Waals surface area contributed by atoms with Crippen molar-refractivity contribution in [3.05, 3.63) is 112 Å². The molecular formula is C32H22BrN3O5S. The number of nitriles is 1. The molecule has 10 heteroatoms. The Morgan fingerprint density at radius 2 is 1.69 bits per heavy atom. The summed E-state index contributed by atoms with van der Waals surface area (Å²) in [5.41, 5.74) is 3.63. The molecule has 1 aliphatic rings. The number of thioether (sulfide) groups is 1. The van der Waals surface area contributed by atoms with Crippen molar-refractivity contribution >= 4 is 56.9 Å². The summed E-state index contributed by atoms with van der Waals surface area (Å²) in [7, 11) is 0. The largest absolute Gasteiger partial charge is 0.454 e. The quantitative estimate of drug-likeness (QED) is 0.128. The van der Waals surface area contributed by atoms with Gasteiger partial charge in [0, 0.05) is 22.0 Å². The van der Waals surface area contributed by atoms with Gasteiger partial charge in [-0.05, 0) is 55.0 Å². The van der Waals surface area contributed by atoms with Gasteiger partial charge < -0.3 is 4.74 Å². The Morgan fingerprint density at radius 1 is 1.02 bits per heavy atom. The van der Waals surface area contributed by atoms with E-state index in [9.17, 15) is 24.4 Å². The number of halogens is 1. The summed E-state index contributed by atoms with van der Waals surface area (Å²) in [6.45, 7) is 1.45. The van der Waals surface area contributed by atoms with Gasteiger partial charge in [0.1, 0.15) is 11.1 Å². The van der Waals surface area contributed by atoms with E-state index < -0.39 is 29.6 Å². The van der Waals surface area contributed by atoms with Gasteiger partial charge in [0.2, 0.25) is 11.8 Å². The molecule has 1 aliphatic heterocycles. The number of hydrogen-bond acceptors (Lipinski definition) is 8. The Morgan fingerprint density at radius 3 is 2.36 bits per heavy atom. The number of nitrogens with zero attached hydrogens (tertiary/aromatic N) is 3. The van der Waals surface area contributed by atoms with Crippen LogP contribution in [-0.2, 0) is 14.3 Å². The number of rotatable bonds is 8. The van der Waals surface area contributed by atoms with E-state index in [-0.39, 0.29) is 17.8 Å². The number of carbonyl (C=O) groups excluding carboxylic acids is 4. The molecule has 2 amide bonds. The number of Topliss-reactive ketones (excluding diaryl/α,β-unsaturated/α-hetero) is 1. The lowest BCUT2D eigenvalue weighted by Crippen LogP contribution is -2.31. The van der Waals surface area contributed by atoms with Crippen LogP contribution in [0.1, 0.15) is 38.3 Å². The first-order chi connectivity index (χ1) is 20.2. The minimum absolute atomic E-state index is 0.0629. The lowest BCUT2D eigenvalue weighted by molar-refractivity contribution is -0.121. The highest BCUT2D eigenvalue weighted by Crippen LogP contribution is 2.36. The molecule has 42 heavy (non-hydrogen) atoms. The molecule has 3 aromatic carbocycles. The fourth-order valence-electron chi connectivity index (χ4n) is 4.44. The molecule has 1 aromatic heterocycles. The van der Waals surface area contributed by atoms with Crippen LogP contribution >= 0.6 is 27.7 Å². The summed E-state index contributed by atoms with van der Waals surface area (Å²) >= 11 is 4.40. The number of hydrogen-bond donors (Lipinski definition) is 0. The number of carbonyl (C=O) groups is 4. The van der Waals surface area contributed by atoms with E-state index in [1.807, 2.05) is 37.3 Å². The van der Waals surface area contributed by atoms with E-state index >= 15 is 0 Å². The van der Waals surface area contributed by atoms with Gasteiger partial charge in [-0.1, -0.05) is 70.2 Å². The standard InChI is InChI=1S/C32H22BrN3O5S/c1-19-15-23(17-34)30(35-29(19)21-5-3-2-4-6-21)42-27-16-28(38)36(31(27)39)25-13-9-22(10-14-25)32(40)41-18-26(37)20-7-11-24(33)12-8-20/h2-15,27H,16,18H2,1H3. The second kappa shape index (κ2) is 12.5. The summed E-state index contributed by atoms with van der Waals surface area (Å²) in [6.07, 6.45) is -0.0629. The van der Waals surface area contributed by atoms with Gasteiger partial charge in [0.05, 0.1) is 27.8 Å². The highest BCUT2D eigenvalue weighted by Gasteiger charge is 2.41. The molecule has 0 aliphatic carbocycles. The summed E-state index contributed by atoms with van der Waals surface area (Å²) in [5, 5.41) is 9.32. The van der Waals surface area contributed by atoms with Crippen LogP contribution in [0.5, 0.6) is 0 Å². The average Bonchev–Trinajstić information content (AvgIpc) is 3.29. The second-order valence-electron chi connectivity index (χ2n) is 9.42. The van der Waals surface area contributed by atoms with Crippen LogP contribution in [0.4, 0.5) is 5.69 Å². The van der Waals surface area contributed by atoms with Gasteiger partial charge in [-0.2, -0.15) is 5.26 Å². The molecule has 5 rings (SSSR count). The van der Waals surface area contributed by atoms with E-state index in [0.29, 0.717) is 27.5 Å². The molecule has 0 saturated carbocycles. The molecule has 0 N–H and O–H groups in total. The van der Waals surface area contributed by atoms with E-state index in [1.165, 1.54) is 24.3 Å². The fourth-order valence-corrected chi connectivity index (χ4v) is 5.78. The Bertz CT molecular complexity index is 1740. The lowest BCUT2D eigenvalue weighted by Gasteiger charge is -2.16. The van der Waals surface area contributed by atoms with Crippen LogP contribution in [0.2, 0.25) is 0 Å². The fraction of sp³-hybridized carbons (Fsp3) is 0.125. The van der Waals surface area contributed by atoms with Crippen molar-refractivity contribution in [2.24, 2.45) is 0 Å². The highest BCUT2D eigenvalue weighted by atomic mass is 79.9. The smallest absolute Gasteiger partial charge is 0.338 e. The zero-order valence-corrected chi connectivity index (χ0v) is 24.6. The van der Waals surface area contributed by atoms with Crippen molar-refractivity contribution in [2.75, 3.05) is 11.5 Å². The van der Waals surface area contributed by atoms with Crippen LogP contribution < -0.4 is 4.90 Å². The lowest BCUT2D eigenvalue weighted by atomic mass is 10.1. The van der Waals surface area contributed by atoms with E-state index in [2.05, 4.69) is 22.0 Å². The SMILES string of the molecule is Cc1cc(C#N)c(SC2CC(=O)N(c3ccc(C(=O)OCC(=O)c4ccc(Br)cc4)cc3)C2=O)nc1-c1ccccc1. The van der Waals surface area contributed by atoms with Gasteiger partial charge in [0.25, 0.3) is 0 Å². The Hall–Kier alpha value is -4.59. The molecule has 1 unspecified atom stereocenters. The van der Waals surface area contributed by atoms with E-state index in [4.69, 9.17) is 9.72 Å². The highest BCUT2D eigenvalue weighted by molar-refractivity contribution is 9.10. The van der Waals surface area contributed by atoms with Crippen molar-refractivity contribution in [3.63, 3.8) is 0 Å². The summed E-state index contributed by atoms with van der Waals surface area (Å²) in [4.78, 5) is 56.8. The van der Waals surface area contributed by atoms with Gasteiger partial charge in [-0.3, -0.25) is 14.4 Å². The topological polar surface area (TPSA) is 117 Å². The van der Waals surface area contributed by atoms with E-state index in [1.54, 1.807) is 30.3 Å². The molecule has 0 radical (unpaired) electrons. The van der Waals surface area contributed by atoms with Crippen LogP contribution in [0, 0.1) is 18.3 Å². The first-order valence-electron chi connectivity index (χ1n) is 12.8. The second-order valence-corrected chi connectivity index (χ2v) is 11.5. The number of pyridine rings is 1. The molecule has 8 nitrogen and oxygen atoms in total. The number of ketones is 1. The van der Waals surface area contributed by atoms with Crippen molar-refractivity contribution in [3.8, 4) is 17.3 Å². The van der Waals surface area contributed by atoms with Crippen molar-refractivity contribution in [2.45, 2.75) is 23.6 Å². The summed E-state index contributed by atoms with van der Waals surface area (Å²) in [5.74, 6) is -1.89. The predicted octanol–water partition coefficient (Wildman–Crippen LogP) is 6.16. The Labute approximate surface area is 254 Å². The van der Waals surface area contributed by atoms with Gasteiger partial charge >= 0.3 is 5.97 Å². The Kier molecular flexibility index (Phi) is 8.61. The number of anilines is 1. The van der Waals surface area contributed by atoms with Crippen molar-refractivity contribution in [1.82, 2.24) is 4.98 Å². The maximum Gasteiger partial charge on any atom is 0.338 e. The molecular weight excluding hydrogens is 618 g/mol. The van der Waals surface area contributed by atoms with Gasteiger partial charge in [-0.15, -0.1) is 0 Å². The zero-order chi connectivity index (χ0) is 29.8. The summed E-state index contributed by atoms with van der Waals surface area (Å²) in [6, 6.07) is 25.9. The average molecular weight is 641 g/mol. The van der Waals surface area contributed by atoms with Gasteiger partial charge in [-0.25, -0.2) is 14.7 Å². The third-order valence-electron chi connectivity index (χ3n) is 6.57. The zero-order valence-electron chi connectivity index (χ0n) is 22.2. The third kappa shape index (κ3) is 6.17. The monoisotopic (exact) mass is 639 g/mol. The first kappa shape index (κ1) is 28.9.